The second kappa shape index (κ2) is 9.07. The van der Waals surface area contributed by atoms with E-state index in [4.69, 9.17) is 11.6 Å². The van der Waals surface area contributed by atoms with E-state index in [-0.39, 0.29) is 0 Å². The third-order valence-corrected chi connectivity index (χ3v) is 4.14. The van der Waals surface area contributed by atoms with Gasteiger partial charge in [-0.05, 0) is 24.3 Å². The predicted molar refractivity (Wildman–Crippen MR) is 75.7 cm³/mol. The summed E-state index contributed by atoms with van der Waals surface area (Å²) in [6.07, 6.45) is 10.4. The van der Waals surface area contributed by atoms with Crippen molar-refractivity contribution in [3.8, 4) is 0 Å². The van der Waals surface area contributed by atoms with Gasteiger partial charge in [0.25, 0.3) is 0 Å². The minimum absolute atomic E-state index is 0.338. The average molecular weight is 259 g/mol. The topological polar surface area (TPSA) is 0 Å². The summed E-state index contributed by atoms with van der Waals surface area (Å²) >= 11 is 8.14. The highest BCUT2D eigenvalue weighted by molar-refractivity contribution is 7.09. The van der Waals surface area contributed by atoms with Crippen LogP contribution in [0.3, 0.4) is 0 Å². The molecule has 0 saturated carbocycles. The first-order valence-corrected chi connectivity index (χ1v) is 7.81. The van der Waals surface area contributed by atoms with Crippen molar-refractivity contribution in [2.45, 2.75) is 63.7 Å². The molecular weight excluding hydrogens is 236 g/mol. The monoisotopic (exact) mass is 258 g/mol. The molecule has 0 amide bonds. The number of hydrogen-bond donors (Lipinski definition) is 0. The Morgan fingerprint density at radius 1 is 1.19 bits per heavy atom. The van der Waals surface area contributed by atoms with Gasteiger partial charge in [-0.3, -0.25) is 0 Å². The molecule has 0 aliphatic rings. The second-order valence-corrected chi connectivity index (χ2v) is 6.09. The van der Waals surface area contributed by atoms with Gasteiger partial charge in [-0.1, -0.05) is 51.5 Å². The Morgan fingerprint density at radius 2 is 1.94 bits per heavy atom. The molecule has 0 aliphatic heterocycles. The van der Waals surface area contributed by atoms with E-state index >= 15 is 0 Å². The van der Waals surface area contributed by atoms with Crippen LogP contribution in [0.15, 0.2) is 17.5 Å². The highest BCUT2D eigenvalue weighted by atomic mass is 35.5. The zero-order chi connectivity index (χ0) is 11.6. The van der Waals surface area contributed by atoms with Crippen LogP contribution in [0, 0.1) is 0 Å². The number of unbranched alkanes of at least 4 members (excludes halogenated alkanes) is 5. The fraction of sp³-hybridized carbons (Fsp3) is 0.714. The number of alkyl halides is 1. The molecule has 0 saturated heterocycles. The summed E-state index contributed by atoms with van der Waals surface area (Å²) in [4.78, 5) is 1.42. The molecule has 1 heterocycles. The zero-order valence-electron chi connectivity index (χ0n) is 10.3. The second-order valence-electron chi connectivity index (χ2n) is 4.44. The fourth-order valence-corrected chi connectivity index (χ4v) is 3.09. The molecule has 0 radical (unpaired) electrons. The summed E-state index contributed by atoms with van der Waals surface area (Å²) in [7, 11) is 0. The van der Waals surface area contributed by atoms with Crippen LogP contribution in [0.5, 0.6) is 0 Å². The number of rotatable bonds is 9. The van der Waals surface area contributed by atoms with Crippen LogP contribution in [0.1, 0.15) is 56.7 Å². The van der Waals surface area contributed by atoms with Gasteiger partial charge in [0.1, 0.15) is 0 Å². The van der Waals surface area contributed by atoms with E-state index in [1.807, 2.05) is 11.3 Å². The van der Waals surface area contributed by atoms with Gasteiger partial charge in [0.05, 0.1) is 0 Å². The van der Waals surface area contributed by atoms with Gasteiger partial charge in [0, 0.05) is 10.3 Å². The van der Waals surface area contributed by atoms with Gasteiger partial charge in [0.15, 0.2) is 0 Å². The van der Waals surface area contributed by atoms with Crippen LogP contribution in [-0.4, -0.2) is 5.38 Å². The third-order valence-electron chi connectivity index (χ3n) is 2.87. The highest BCUT2D eigenvalue weighted by Gasteiger charge is 2.06. The summed E-state index contributed by atoms with van der Waals surface area (Å²) in [6.45, 7) is 2.26. The predicted octanol–water partition coefficient (Wildman–Crippen LogP) is 5.65. The first-order valence-electron chi connectivity index (χ1n) is 6.49. The molecule has 1 aromatic heterocycles. The van der Waals surface area contributed by atoms with Crippen molar-refractivity contribution in [1.29, 1.82) is 0 Å². The van der Waals surface area contributed by atoms with Crippen LogP contribution in [0.2, 0.25) is 0 Å². The van der Waals surface area contributed by atoms with Crippen molar-refractivity contribution in [2.24, 2.45) is 0 Å². The van der Waals surface area contributed by atoms with Gasteiger partial charge in [-0.15, -0.1) is 22.9 Å². The van der Waals surface area contributed by atoms with E-state index in [0.29, 0.717) is 5.38 Å². The Kier molecular flexibility index (Phi) is 7.96. The molecule has 2 heteroatoms. The first-order chi connectivity index (χ1) is 7.83. The maximum Gasteiger partial charge on any atom is 0.0384 e. The van der Waals surface area contributed by atoms with Gasteiger partial charge in [-0.25, -0.2) is 0 Å². The number of hydrogen-bond acceptors (Lipinski definition) is 1. The smallest absolute Gasteiger partial charge is 0.0384 e. The fourth-order valence-electron chi connectivity index (χ4n) is 1.90. The molecule has 1 rings (SSSR count). The Morgan fingerprint density at radius 3 is 2.62 bits per heavy atom. The molecule has 0 bridgehead atoms. The minimum atomic E-state index is 0.338. The summed E-state index contributed by atoms with van der Waals surface area (Å²) in [5.74, 6) is 0. The molecule has 92 valence electrons. The molecule has 0 spiro atoms. The van der Waals surface area contributed by atoms with Gasteiger partial charge < -0.3 is 0 Å². The molecule has 1 unspecified atom stereocenters. The lowest BCUT2D eigenvalue weighted by Gasteiger charge is -2.07. The number of thiophene rings is 1. The zero-order valence-corrected chi connectivity index (χ0v) is 11.8. The molecular formula is C14H23ClS. The summed E-state index contributed by atoms with van der Waals surface area (Å²) in [6, 6.07) is 4.29. The van der Waals surface area contributed by atoms with Crippen molar-refractivity contribution < 1.29 is 0 Å². The quantitative estimate of drug-likeness (QED) is 0.397. The summed E-state index contributed by atoms with van der Waals surface area (Å²) in [5.41, 5.74) is 0. The van der Waals surface area contributed by atoms with E-state index in [0.717, 1.165) is 6.42 Å². The van der Waals surface area contributed by atoms with Crippen molar-refractivity contribution >= 4 is 22.9 Å². The maximum absolute atomic E-state index is 6.32. The third kappa shape index (κ3) is 6.55. The standard InChI is InChI=1S/C14H23ClS/c1-2-3-4-5-6-7-9-13(15)12-14-10-8-11-16-14/h8,10-11,13H,2-7,9,12H2,1H3. The van der Waals surface area contributed by atoms with E-state index in [1.54, 1.807) is 0 Å². The first kappa shape index (κ1) is 14.1. The maximum atomic E-state index is 6.32. The molecule has 0 N–H and O–H groups in total. The van der Waals surface area contributed by atoms with E-state index in [1.165, 1.54) is 49.8 Å². The van der Waals surface area contributed by atoms with Crippen LogP contribution >= 0.6 is 22.9 Å². The van der Waals surface area contributed by atoms with Crippen LogP contribution < -0.4 is 0 Å². The number of halogens is 1. The van der Waals surface area contributed by atoms with E-state index in [9.17, 15) is 0 Å². The molecule has 1 aromatic rings. The SMILES string of the molecule is CCCCCCCCC(Cl)Cc1cccs1. The molecule has 0 aromatic carbocycles. The Balaban J connectivity index is 1.96. The van der Waals surface area contributed by atoms with Crippen molar-refractivity contribution in [3.63, 3.8) is 0 Å². The molecule has 16 heavy (non-hydrogen) atoms. The lowest BCUT2D eigenvalue weighted by atomic mass is 10.1. The average Bonchev–Trinajstić information content (AvgIpc) is 2.76. The Hall–Kier alpha value is -0.0100. The molecule has 0 aliphatic carbocycles. The summed E-state index contributed by atoms with van der Waals surface area (Å²) < 4.78 is 0. The van der Waals surface area contributed by atoms with Crippen molar-refractivity contribution in [1.82, 2.24) is 0 Å². The lowest BCUT2D eigenvalue weighted by Crippen LogP contribution is -2.01. The van der Waals surface area contributed by atoms with E-state index < -0.39 is 0 Å². The summed E-state index contributed by atoms with van der Waals surface area (Å²) in [5, 5.41) is 2.47. The van der Waals surface area contributed by atoms with Gasteiger partial charge in [0.2, 0.25) is 0 Å². The van der Waals surface area contributed by atoms with Crippen LogP contribution in [0.25, 0.3) is 0 Å². The molecule has 0 fully saturated rings. The highest BCUT2D eigenvalue weighted by Crippen LogP contribution is 2.18. The van der Waals surface area contributed by atoms with Crippen molar-refractivity contribution in [2.75, 3.05) is 0 Å². The molecule has 0 nitrogen and oxygen atoms in total. The molecule has 1 atom stereocenters. The van der Waals surface area contributed by atoms with Crippen LogP contribution in [-0.2, 0) is 6.42 Å². The largest absolute Gasteiger partial charge is 0.149 e. The van der Waals surface area contributed by atoms with Crippen LogP contribution in [0.4, 0.5) is 0 Å². The van der Waals surface area contributed by atoms with E-state index in [2.05, 4.69) is 24.4 Å². The Labute approximate surface area is 109 Å². The minimum Gasteiger partial charge on any atom is -0.149 e. The van der Waals surface area contributed by atoms with Gasteiger partial charge >= 0.3 is 0 Å². The van der Waals surface area contributed by atoms with Crippen molar-refractivity contribution in [3.05, 3.63) is 22.4 Å². The lowest BCUT2D eigenvalue weighted by molar-refractivity contribution is 0.579. The van der Waals surface area contributed by atoms with Gasteiger partial charge in [-0.2, -0.15) is 0 Å². The normalized spacial score (nSPS) is 12.9. The Bertz CT molecular complexity index is 243.